The Bertz CT molecular complexity index is 1610. The summed E-state index contributed by atoms with van der Waals surface area (Å²) in [7, 11) is 1.57. The molecule has 0 spiro atoms. The lowest BCUT2D eigenvalue weighted by atomic mass is 10.0. The summed E-state index contributed by atoms with van der Waals surface area (Å²) in [5, 5.41) is 25.0. The number of methoxy groups -OCH3 is 1. The van der Waals surface area contributed by atoms with E-state index in [4.69, 9.17) is 18.9 Å². The summed E-state index contributed by atoms with van der Waals surface area (Å²) in [6.07, 6.45) is 1.38. The summed E-state index contributed by atoms with van der Waals surface area (Å²) in [6.45, 7) is 7.20. The summed E-state index contributed by atoms with van der Waals surface area (Å²) in [4.78, 5) is 26.0. The summed E-state index contributed by atoms with van der Waals surface area (Å²) in [6, 6.07) is 19.1. The van der Waals surface area contributed by atoms with Gasteiger partial charge in [-0.1, -0.05) is 83.3 Å². The van der Waals surface area contributed by atoms with Crippen molar-refractivity contribution in [2.24, 2.45) is 0 Å². The third-order valence-corrected chi connectivity index (χ3v) is 9.18. The van der Waals surface area contributed by atoms with Gasteiger partial charge < -0.3 is 24.3 Å². The molecular weight excluding hydrogens is 641 g/mol. The molecule has 47 heavy (non-hydrogen) atoms. The number of hydrogen-bond acceptors (Lipinski definition) is 12. The van der Waals surface area contributed by atoms with Crippen molar-refractivity contribution in [1.29, 1.82) is 0 Å². The van der Waals surface area contributed by atoms with Crippen molar-refractivity contribution in [3.8, 4) is 0 Å². The van der Waals surface area contributed by atoms with Crippen LogP contribution in [-0.2, 0) is 41.4 Å². The van der Waals surface area contributed by atoms with Crippen molar-refractivity contribution in [2.45, 2.75) is 89.7 Å². The van der Waals surface area contributed by atoms with Gasteiger partial charge in [0.15, 0.2) is 17.7 Å². The highest BCUT2D eigenvalue weighted by Gasteiger charge is 2.46. The Hall–Kier alpha value is -3.66. The molecule has 1 aliphatic rings. The number of rotatable bonds is 15. The normalized spacial score (nSPS) is 18.1. The van der Waals surface area contributed by atoms with Crippen molar-refractivity contribution < 1.29 is 28.5 Å². The van der Waals surface area contributed by atoms with E-state index in [0.29, 0.717) is 23.1 Å². The zero-order valence-electron chi connectivity index (χ0n) is 27.1. The molecule has 0 aliphatic carbocycles. The van der Waals surface area contributed by atoms with Gasteiger partial charge in [0.1, 0.15) is 16.1 Å². The van der Waals surface area contributed by atoms with E-state index < -0.39 is 29.9 Å². The van der Waals surface area contributed by atoms with Gasteiger partial charge in [-0.15, -0.1) is 20.4 Å². The second-order valence-electron chi connectivity index (χ2n) is 12.0. The molecule has 14 heteroatoms. The first-order valence-corrected chi connectivity index (χ1v) is 17.1. The Morgan fingerprint density at radius 3 is 2.04 bits per heavy atom. The number of carbonyl (C=O) groups is 2. The minimum atomic E-state index is -0.893. The fourth-order valence-corrected chi connectivity index (χ4v) is 6.59. The second kappa shape index (κ2) is 15.5. The van der Waals surface area contributed by atoms with Gasteiger partial charge in [0.2, 0.25) is 16.2 Å². The molecule has 250 valence electrons. The molecule has 5 rings (SSSR count). The second-order valence-corrected chi connectivity index (χ2v) is 14.1. The van der Waals surface area contributed by atoms with E-state index in [1.54, 1.807) is 21.0 Å². The van der Waals surface area contributed by atoms with E-state index in [1.165, 1.54) is 22.7 Å². The van der Waals surface area contributed by atoms with Crippen molar-refractivity contribution in [2.75, 3.05) is 17.7 Å². The van der Waals surface area contributed by atoms with Crippen LogP contribution in [0.3, 0.4) is 0 Å². The van der Waals surface area contributed by atoms with Crippen LogP contribution in [0.15, 0.2) is 60.7 Å². The molecule has 3 atom stereocenters. The highest BCUT2D eigenvalue weighted by molar-refractivity contribution is 7.15. The quantitative estimate of drug-likeness (QED) is 0.109. The number of nitrogens with zero attached hydrogens (tertiary/aromatic N) is 4. The van der Waals surface area contributed by atoms with E-state index in [-0.39, 0.29) is 18.2 Å². The molecule has 0 saturated carbocycles. The Labute approximate surface area is 282 Å². The van der Waals surface area contributed by atoms with Gasteiger partial charge in [0.25, 0.3) is 5.91 Å². The Balaban J connectivity index is 1.06. The largest absolute Gasteiger partial charge is 0.354 e. The lowest BCUT2D eigenvalue weighted by Gasteiger charge is -2.29. The van der Waals surface area contributed by atoms with Gasteiger partial charge in [0.05, 0.1) is 12.5 Å². The summed E-state index contributed by atoms with van der Waals surface area (Å²) >= 11 is 2.69. The molecule has 1 fully saturated rings. The molecule has 0 radical (unpaired) electrons. The van der Waals surface area contributed by atoms with Crippen LogP contribution in [-0.4, -0.2) is 57.0 Å². The zero-order valence-corrected chi connectivity index (χ0v) is 28.7. The maximum absolute atomic E-state index is 13.1. The third kappa shape index (κ3) is 9.92. The van der Waals surface area contributed by atoms with Crippen LogP contribution in [0.1, 0.15) is 80.3 Å². The lowest BCUT2D eigenvalue weighted by Crippen LogP contribution is -2.33. The van der Waals surface area contributed by atoms with Gasteiger partial charge in [0, 0.05) is 20.0 Å². The van der Waals surface area contributed by atoms with Gasteiger partial charge in [-0.05, 0) is 51.7 Å². The smallest absolute Gasteiger partial charge is 0.258 e. The minimum absolute atomic E-state index is 0.100. The van der Waals surface area contributed by atoms with Crippen LogP contribution < -0.4 is 10.6 Å². The van der Waals surface area contributed by atoms with E-state index in [1.807, 2.05) is 74.5 Å². The zero-order chi connectivity index (χ0) is 33.4. The van der Waals surface area contributed by atoms with E-state index in [9.17, 15) is 9.59 Å². The number of anilines is 2. The van der Waals surface area contributed by atoms with Gasteiger partial charge in [-0.3, -0.25) is 14.9 Å². The fourth-order valence-electron chi connectivity index (χ4n) is 5.00. The minimum Gasteiger partial charge on any atom is -0.354 e. The molecule has 1 saturated heterocycles. The third-order valence-electron chi connectivity index (χ3n) is 7.38. The van der Waals surface area contributed by atoms with Crippen LogP contribution in [0, 0.1) is 0 Å². The van der Waals surface area contributed by atoms with E-state index >= 15 is 0 Å². The van der Waals surface area contributed by atoms with Crippen molar-refractivity contribution in [1.82, 2.24) is 20.4 Å². The number of aryl methyl sites for hydroxylation is 2. The molecule has 0 unspecified atom stereocenters. The maximum Gasteiger partial charge on any atom is 0.258 e. The van der Waals surface area contributed by atoms with Gasteiger partial charge >= 0.3 is 0 Å². The SMILES string of the molecule is COC(C)(C)O[C@@H](CC(=O)Nc1nnc(CCCCc2nnc(NC(=O)[C@H]3OC(C)(C)O[C@@H]3c3ccccc3)s2)s1)c1ccccc1. The first-order chi connectivity index (χ1) is 22.5. The number of ether oxygens (including phenoxy) is 4. The summed E-state index contributed by atoms with van der Waals surface area (Å²) in [5.74, 6) is -2.30. The fraction of sp³-hybridized carbons (Fsp3) is 0.455. The number of amides is 2. The first-order valence-electron chi connectivity index (χ1n) is 15.4. The van der Waals surface area contributed by atoms with Crippen LogP contribution in [0.4, 0.5) is 10.3 Å². The number of unbranched alkanes of at least 4 members (excludes halogenated alkanes) is 1. The lowest BCUT2D eigenvalue weighted by molar-refractivity contribution is -0.225. The van der Waals surface area contributed by atoms with Gasteiger partial charge in [-0.2, -0.15) is 0 Å². The first kappa shape index (κ1) is 34.7. The topological polar surface area (TPSA) is 147 Å². The molecule has 1 aliphatic heterocycles. The van der Waals surface area contributed by atoms with Crippen LogP contribution >= 0.6 is 22.7 Å². The van der Waals surface area contributed by atoms with Crippen molar-refractivity contribution >= 4 is 44.8 Å². The van der Waals surface area contributed by atoms with E-state index in [0.717, 1.165) is 34.0 Å². The molecule has 2 N–H and O–H groups in total. The average Bonchev–Trinajstić information content (AvgIpc) is 3.78. The number of hydrogen-bond donors (Lipinski definition) is 2. The molecule has 3 heterocycles. The van der Waals surface area contributed by atoms with Crippen molar-refractivity contribution in [3.05, 3.63) is 81.8 Å². The summed E-state index contributed by atoms with van der Waals surface area (Å²) in [5.41, 5.74) is 1.75. The Morgan fingerprint density at radius 2 is 1.45 bits per heavy atom. The molecule has 4 aromatic rings. The number of nitrogens with one attached hydrogen (secondary N) is 2. The van der Waals surface area contributed by atoms with Gasteiger partial charge in [-0.25, -0.2) is 0 Å². The Morgan fingerprint density at radius 1 is 0.872 bits per heavy atom. The molecule has 2 aromatic heterocycles. The predicted octanol–water partition coefficient (Wildman–Crippen LogP) is 6.26. The van der Waals surface area contributed by atoms with Crippen LogP contribution in [0.2, 0.25) is 0 Å². The average molecular weight is 681 g/mol. The molecule has 2 aromatic carbocycles. The molecule has 0 bridgehead atoms. The number of benzene rings is 2. The van der Waals surface area contributed by atoms with E-state index in [2.05, 4.69) is 31.0 Å². The highest BCUT2D eigenvalue weighted by Crippen LogP contribution is 2.39. The monoisotopic (exact) mass is 680 g/mol. The predicted molar refractivity (Wildman–Crippen MR) is 179 cm³/mol. The molecule has 2 amide bonds. The number of carbonyl (C=O) groups excluding carboxylic acids is 2. The van der Waals surface area contributed by atoms with Crippen LogP contribution in [0.5, 0.6) is 0 Å². The maximum atomic E-state index is 13.1. The Kier molecular flexibility index (Phi) is 11.4. The summed E-state index contributed by atoms with van der Waals surface area (Å²) < 4.78 is 23.5. The standard InChI is InChI=1S/C33H40N6O6S2/c1-32(2,42-5)43-23(21-14-8-6-9-15-21)20-24(40)34-30-38-36-25(46-30)18-12-13-19-26-37-39-31(47-26)35-29(41)28-27(44-33(3,4)45-28)22-16-10-7-11-17-22/h6-11,14-17,23,27-28H,12-13,18-20H2,1-5H3,(H,34,38,40)(H,35,39,41)/t23-,27+,28-/m0/s1. The molecular formula is C33H40N6O6S2. The van der Waals surface area contributed by atoms with Crippen molar-refractivity contribution in [3.63, 3.8) is 0 Å². The number of aromatic nitrogens is 4. The molecule has 12 nitrogen and oxygen atoms in total. The highest BCUT2D eigenvalue weighted by atomic mass is 32.1. The van der Waals surface area contributed by atoms with Crippen LogP contribution in [0.25, 0.3) is 0 Å².